The van der Waals surface area contributed by atoms with Crippen molar-refractivity contribution < 1.29 is 19.5 Å². The van der Waals surface area contributed by atoms with Gasteiger partial charge in [-0.1, -0.05) is 33.1 Å². The summed E-state index contributed by atoms with van der Waals surface area (Å²) < 4.78 is 0. The topological polar surface area (TPSA) is 83.5 Å². The highest BCUT2D eigenvalue weighted by Crippen LogP contribution is 2.15. The Morgan fingerprint density at radius 3 is 2.39 bits per heavy atom. The van der Waals surface area contributed by atoms with Crippen LogP contribution in [0.3, 0.4) is 0 Å². The Kier molecular flexibility index (Phi) is 8.88. The van der Waals surface area contributed by atoms with Crippen molar-refractivity contribution in [2.75, 3.05) is 0 Å². The number of rotatable bonds is 10. The molecule has 2 N–H and O–H groups in total. The number of aliphatic carboxylic acids is 1. The zero-order chi connectivity index (χ0) is 14.0. The van der Waals surface area contributed by atoms with Gasteiger partial charge < -0.3 is 10.4 Å². The van der Waals surface area contributed by atoms with Crippen molar-refractivity contribution in [2.45, 2.75) is 58.4 Å². The number of carbonyl (C=O) groups is 2. The maximum Gasteiger partial charge on any atom is 0.326 e. The SMILES string of the molecule is CCCC(CC)CC(=O)N[C@H](CC[C]=O)C(=O)O. The molecule has 0 aliphatic carbocycles. The average molecular weight is 256 g/mol. The fraction of sp³-hybridized carbons (Fsp3) is 0.769. The predicted molar refractivity (Wildman–Crippen MR) is 67.8 cm³/mol. The molecule has 0 aromatic rings. The summed E-state index contributed by atoms with van der Waals surface area (Å²) in [7, 11) is 0. The zero-order valence-electron chi connectivity index (χ0n) is 11.1. The molecule has 1 unspecified atom stereocenters. The van der Waals surface area contributed by atoms with E-state index in [2.05, 4.69) is 12.2 Å². The molecule has 0 aliphatic rings. The minimum atomic E-state index is -1.11. The first kappa shape index (κ1) is 16.6. The van der Waals surface area contributed by atoms with Gasteiger partial charge in [-0.3, -0.25) is 9.59 Å². The summed E-state index contributed by atoms with van der Waals surface area (Å²) in [6, 6.07) is -0.988. The van der Waals surface area contributed by atoms with Crippen LogP contribution in [0.1, 0.15) is 52.4 Å². The Morgan fingerprint density at radius 1 is 1.28 bits per heavy atom. The maximum absolute atomic E-state index is 11.7. The van der Waals surface area contributed by atoms with E-state index in [1.807, 2.05) is 6.92 Å². The Bertz CT molecular complexity index is 278. The summed E-state index contributed by atoms with van der Waals surface area (Å²) in [5, 5.41) is 11.4. The van der Waals surface area contributed by atoms with Gasteiger partial charge in [0.15, 0.2) is 6.29 Å². The summed E-state index contributed by atoms with van der Waals surface area (Å²) >= 11 is 0. The van der Waals surface area contributed by atoms with Crippen LogP contribution in [0.2, 0.25) is 0 Å². The first-order chi connectivity index (χ1) is 8.54. The van der Waals surface area contributed by atoms with Crippen molar-refractivity contribution >= 4 is 18.2 Å². The smallest absolute Gasteiger partial charge is 0.326 e. The molecule has 103 valence electrons. The van der Waals surface area contributed by atoms with Crippen LogP contribution in [0.25, 0.3) is 0 Å². The van der Waals surface area contributed by atoms with E-state index in [-0.39, 0.29) is 18.7 Å². The quantitative estimate of drug-likeness (QED) is 0.622. The van der Waals surface area contributed by atoms with Gasteiger partial charge in [0.1, 0.15) is 6.04 Å². The highest BCUT2D eigenvalue weighted by atomic mass is 16.4. The monoisotopic (exact) mass is 256 g/mol. The lowest BCUT2D eigenvalue weighted by molar-refractivity contribution is -0.142. The summed E-state index contributed by atoms with van der Waals surface area (Å²) in [6.07, 6.45) is 4.96. The van der Waals surface area contributed by atoms with Crippen LogP contribution in [0.4, 0.5) is 0 Å². The molecule has 0 fully saturated rings. The molecule has 18 heavy (non-hydrogen) atoms. The Morgan fingerprint density at radius 2 is 1.94 bits per heavy atom. The lowest BCUT2D eigenvalue weighted by Gasteiger charge is -2.17. The van der Waals surface area contributed by atoms with Crippen molar-refractivity contribution in [1.29, 1.82) is 0 Å². The molecular weight excluding hydrogens is 234 g/mol. The van der Waals surface area contributed by atoms with Crippen LogP contribution < -0.4 is 5.32 Å². The van der Waals surface area contributed by atoms with E-state index >= 15 is 0 Å². The van der Waals surface area contributed by atoms with Crippen LogP contribution >= 0.6 is 0 Å². The van der Waals surface area contributed by atoms with Gasteiger partial charge >= 0.3 is 5.97 Å². The van der Waals surface area contributed by atoms with Gasteiger partial charge in [-0.05, 0) is 12.3 Å². The third kappa shape index (κ3) is 7.04. The van der Waals surface area contributed by atoms with Gasteiger partial charge in [0.2, 0.25) is 5.91 Å². The first-order valence-corrected chi connectivity index (χ1v) is 6.42. The van der Waals surface area contributed by atoms with Crippen LogP contribution in [-0.2, 0) is 14.4 Å². The van der Waals surface area contributed by atoms with Gasteiger partial charge in [-0.2, -0.15) is 0 Å². The largest absolute Gasteiger partial charge is 0.480 e. The molecule has 0 saturated carbocycles. The fourth-order valence-electron chi connectivity index (χ4n) is 1.83. The standard InChI is InChI=1S/C13H22NO4/c1-3-6-10(4-2)9-12(16)14-11(13(17)18)7-5-8-15/h10-11H,3-7,9H2,1-2H3,(H,14,16)(H,17,18)/t10?,11-/m1/s1. The number of carbonyl (C=O) groups excluding carboxylic acids is 2. The number of hydrogen-bond acceptors (Lipinski definition) is 3. The normalized spacial score (nSPS) is 13.7. The second-order valence-electron chi connectivity index (χ2n) is 4.41. The zero-order valence-corrected chi connectivity index (χ0v) is 11.1. The number of carboxylic acids is 1. The van der Waals surface area contributed by atoms with E-state index in [1.54, 1.807) is 6.29 Å². The molecule has 0 spiro atoms. The van der Waals surface area contributed by atoms with Crippen molar-refractivity contribution in [3.63, 3.8) is 0 Å². The molecule has 1 amide bonds. The van der Waals surface area contributed by atoms with Crippen molar-refractivity contribution in [3.05, 3.63) is 0 Å². The molecule has 0 aliphatic heterocycles. The van der Waals surface area contributed by atoms with Crippen LogP contribution in [-0.4, -0.2) is 29.3 Å². The van der Waals surface area contributed by atoms with E-state index in [9.17, 15) is 14.4 Å². The Hall–Kier alpha value is -1.39. The lowest BCUT2D eigenvalue weighted by atomic mass is 9.96. The van der Waals surface area contributed by atoms with E-state index in [0.29, 0.717) is 12.3 Å². The third-order valence-electron chi connectivity index (χ3n) is 2.92. The molecule has 1 radical (unpaired) electrons. The van der Waals surface area contributed by atoms with Gasteiger partial charge in [0, 0.05) is 12.8 Å². The van der Waals surface area contributed by atoms with Crippen molar-refractivity contribution in [2.24, 2.45) is 5.92 Å². The minimum Gasteiger partial charge on any atom is -0.480 e. The van der Waals surface area contributed by atoms with E-state index in [1.165, 1.54) is 0 Å². The Balaban J connectivity index is 4.23. The molecule has 0 aromatic carbocycles. The van der Waals surface area contributed by atoms with Gasteiger partial charge in [-0.15, -0.1) is 0 Å². The van der Waals surface area contributed by atoms with Gasteiger partial charge in [0.25, 0.3) is 0 Å². The lowest BCUT2D eigenvalue weighted by Crippen LogP contribution is -2.41. The van der Waals surface area contributed by atoms with E-state index < -0.39 is 12.0 Å². The second kappa shape index (κ2) is 9.62. The molecule has 0 heterocycles. The molecular formula is C13H22NO4. The molecule has 5 heteroatoms. The summed E-state index contributed by atoms with van der Waals surface area (Å²) in [4.78, 5) is 32.7. The summed E-state index contributed by atoms with van der Waals surface area (Å²) in [5.41, 5.74) is 0. The predicted octanol–water partition coefficient (Wildman–Crippen LogP) is 1.66. The molecule has 5 nitrogen and oxygen atoms in total. The molecule has 0 rings (SSSR count). The first-order valence-electron chi connectivity index (χ1n) is 6.42. The molecule has 0 bridgehead atoms. The third-order valence-corrected chi connectivity index (χ3v) is 2.92. The maximum atomic E-state index is 11.7. The molecule has 0 aromatic heterocycles. The average Bonchev–Trinajstić information content (AvgIpc) is 2.33. The van der Waals surface area contributed by atoms with E-state index in [4.69, 9.17) is 5.11 Å². The van der Waals surface area contributed by atoms with Crippen LogP contribution in [0.15, 0.2) is 0 Å². The fourth-order valence-corrected chi connectivity index (χ4v) is 1.83. The number of nitrogens with one attached hydrogen (secondary N) is 1. The number of amides is 1. The Labute approximate surface area is 108 Å². The van der Waals surface area contributed by atoms with Crippen LogP contribution in [0.5, 0.6) is 0 Å². The second-order valence-corrected chi connectivity index (χ2v) is 4.41. The van der Waals surface area contributed by atoms with Gasteiger partial charge in [-0.25, -0.2) is 4.79 Å². The van der Waals surface area contributed by atoms with E-state index in [0.717, 1.165) is 19.3 Å². The minimum absolute atomic E-state index is 0.0173. The summed E-state index contributed by atoms with van der Waals surface area (Å²) in [5.74, 6) is -1.07. The van der Waals surface area contributed by atoms with Crippen LogP contribution in [0, 0.1) is 5.92 Å². The van der Waals surface area contributed by atoms with Crippen molar-refractivity contribution in [3.8, 4) is 0 Å². The van der Waals surface area contributed by atoms with Crippen molar-refractivity contribution in [1.82, 2.24) is 5.32 Å². The molecule has 2 atom stereocenters. The summed E-state index contributed by atoms with van der Waals surface area (Å²) in [6.45, 7) is 4.07. The highest BCUT2D eigenvalue weighted by molar-refractivity contribution is 5.83. The van der Waals surface area contributed by atoms with Gasteiger partial charge in [0.05, 0.1) is 0 Å². The number of carboxylic acid groups (broad SMARTS) is 1. The highest BCUT2D eigenvalue weighted by Gasteiger charge is 2.20. The number of hydrogen-bond donors (Lipinski definition) is 2. The molecule has 0 saturated heterocycles.